The van der Waals surface area contributed by atoms with Gasteiger partial charge >= 0.3 is 11.9 Å². The molecule has 0 spiro atoms. The molecule has 0 unspecified atom stereocenters. The van der Waals surface area contributed by atoms with Crippen LogP contribution in [0.3, 0.4) is 0 Å². The molecule has 0 bridgehead atoms. The summed E-state index contributed by atoms with van der Waals surface area (Å²) in [6, 6.07) is 9.35. The summed E-state index contributed by atoms with van der Waals surface area (Å²) in [6.07, 6.45) is -0.310. The third-order valence-electron chi connectivity index (χ3n) is 7.53. The highest BCUT2D eigenvalue weighted by atomic mass is 35.5. The number of halogens is 1. The zero-order valence-electron chi connectivity index (χ0n) is 26.3. The van der Waals surface area contributed by atoms with Crippen LogP contribution in [-0.2, 0) is 33.3 Å². The number of piperidine rings is 1. The Labute approximate surface area is 272 Å². The molecule has 4 rings (SSSR count). The van der Waals surface area contributed by atoms with Gasteiger partial charge in [0.25, 0.3) is 0 Å². The number of likely N-dealkylation sites (tertiary alicyclic amines) is 1. The monoisotopic (exact) mass is 661 g/mol. The van der Waals surface area contributed by atoms with E-state index in [1.165, 1.54) is 12.1 Å². The van der Waals surface area contributed by atoms with E-state index in [4.69, 9.17) is 44.4 Å². The lowest BCUT2D eigenvalue weighted by molar-refractivity contribution is -0.154. The summed E-state index contributed by atoms with van der Waals surface area (Å²) >= 11 is 6.45. The molecule has 250 valence electrons. The molecule has 0 amide bonds. The van der Waals surface area contributed by atoms with Gasteiger partial charge in [-0.3, -0.25) is 14.4 Å². The van der Waals surface area contributed by atoms with Gasteiger partial charge in [0.05, 0.1) is 57.5 Å². The molecule has 12 nitrogen and oxygen atoms in total. The zero-order valence-corrected chi connectivity index (χ0v) is 27.0. The first-order chi connectivity index (χ1) is 22.2. The van der Waals surface area contributed by atoms with Crippen molar-refractivity contribution in [1.82, 2.24) is 4.90 Å². The summed E-state index contributed by atoms with van der Waals surface area (Å²) in [7, 11) is 5.01. The average molecular weight is 662 g/mol. The number of phenols is 1. The highest BCUT2D eigenvalue weighted by Gasteiger charge is 2.37. The number of fused-ring (bicyclic) bond motifs is 1. The lowest BCUT2D eigenvalue weighted by Crippen LogP contribution is -2.43. The summed E-state index contributed by atoms with van der Waals surface area (Å²) in [5.41, 5.74) is 0.285. The SMILES string of the molecule is COCCOCCC(=O)Oc1cc(O)c2c(=O)cc(-c3ccccc3Cl)oc2c1[C@H]1CCN(C)C[C@H]1OC(=O)CCOCCOC. The Bertz CT molecular complexity index is 1540. The highest BCUT2D eigenvalue weighted by Crippen LogP contribution is 2.44. The van der Waals surface area contributed by atoms with Crippen molar-refractivity contribution in [2.45, 2.75) is 31.3 Å². The first kappa shape index (κ1) is 35.3. The van der Waals surface area contributed by atoms with Crippen LogP contribution in [0.15, 0.2) is 45.6 Å². The van der Waals surface area contributed by atoms with Gasteiger partial charge in [-0.1, -0.05) is 23.7 Å². The number of rotatable bonds is 16. The third-order valence-corrected chi connectivity index (χ3v) is 7.85. The van der Waals surface area contributed by atoms with E-state index in [2.05, 4.69) is 0 Å². The molecule has 46 heavy (non-hydrogen) atoms. The standard InChI is InChI=1S/C33H40ClNO11/c1-35-11-8-22(28(20-35)45-30(39)10-13-43-17-15-41-3)31-27(44-29(38)9-12-42-16-14-40-2)19-25(37)32-24(36)18-26(46-33(31)32)21-6-4-5-7-23(21)34/h4-7,18-19,22,28,37H,8-17,20H2,1-3H3/t22-,28+/m0/s1. The lowest BCUT2D eigenvalue weighted by Gasteiger charge is -2.37. The van der Waals surface area contributed by atoms with E-state index in [0.717, 1.165) is 0 Å². The zero-order chi connectivity index (χ0) is 33.1. The van der Waals surface area contributed by atoms with E-state index < -0.39 is 35.1 Å². The van der Waals surface area contributed by atoms with Crippen molar-refractivity contribution < 1.29 is 47.5 Å². The smallest absolute Gasteiger partial charge is 0.313 e. The molecule has 1 N–H and O–H groups in total. The molecule has 1 aliphatic heterocycles. The molecule has 1 aromatic heterocycles. The van der Waals surface area contributed by atoms with Crippen LogP contribution in [0.1, 0.15) is 30.7 Å². The van der Waals surface area contributed by atoms with Gasteiger partial charge < -0.3 is 42.8 Å². The van der Waals surface area contributed by atoms with E-state index in [0.29, 0.717) is 62.1 Å². The van der Waals surface area contributed by atoms with Crippen LogP contribution in [0.2, 0.25) is 5.02 Å². The Morgan fingerprint density at radius 1 is 0.978 bits per heavy atom. The second-order valence-corrected chi connectivity index (χ2v) is 11.2. The van der Waals surface area contributed by atoms with Crippen molar-refractivity contribution in [3.05, 3.63) is 57.2 Å². The predicted octanol–water partition coefficient (Wildman–Crippen LogP) is 4.16. The van der Waals surface area contributed by atoms with E-state index in [9.17, 15) is 19.5 Å². The number of methoxy groups -OCH3 is 2. The number of carbonyl (C=O) groups excluding carboxylic acids is 2. The summed E-state index contributed by atoms with van der Waals surface area (Å²) in [5.74, 6) is -1.94. The van der Waals surface area contributed by atoms with Gasteiger partial charge in [-0.2, -0.15) is 0 Å². The molecule has 0 radical (unpaired) electrons. The van der Waals surface area contributed by atoms with Gasteiger partial charge in [0.15, 0.2) is 5.43 Å². The number of hydrogen-bond donors (Lipinski definition) is 1. The maximum atomic E-state index is 13.5. The largest absolute Gasteiger partial charge is 0.507 e. The fourth-order valence-electron chi connectivity index (χ4n) is 5.26. The lowest BCUT2D eigenvalue weighted by atomic mass is 9.85. The van der Waals surface area contributed by atoms with E-state index >= 15 is 0 Å². The maximum absolute atomic E-state index is 13.5. The van der Waals surface area contributed by atoms with Crippen molar-refractivity contribution in [2.24, 2.45) is 0 Å². The fraction of sp³-hybridized carbons (Fsp3) is 0.485. The number of aromatic hydroxyl groups is 1. The molecule has 2 atom stereocenters. The van der Waals surface area contributed by atoms with Gasteiger partial charge in [0.2, 0.25) is 0 Å². The van der Waals surface area contributed by atoms with Gasteiger partial charge in [0.1, 0.15) is 34.3 Å². The van der Waals surface area contributed by atoms with Gasteiger partial charge in [-0.25, -0.2) is 0 Å². The molecule has 2 heterocycles. The quantitative estimate of drug-likeness (QED) is 0.134. The second-order valence-electron chi connectivity index (χ2n) is 10.8. The molecule has 2 aromatic carbocycles. The molecule has 3 aromatic rings. The first-order valence-electron chi connectivity index (χ1n) is 15.0. The van der Waals surface area contributed by atoms with Gasteiger partial charge in [-0.05, 0) is 32.1 Å². The number of hydrogen-bond acceptors (Lipinski definition) is 12. The number of phenolic OH excluding ortho intramolecular Hbond substituents is 1. The Balaban J connectivity index is 1.76. The van der Waals surface area contributed by atoms with Gasteiger partial charge in [-0.15, -0.1) is 0 Å². The number of esters is 2. The van der Waals surface area contributed by atoms with Crippen molar-refractivity contribution in [3.63, 3.8) is 0 Å². The number of carbonyl (C=O) groups is 2. The molecule has 1 fully saturated rings. The minimum Gasteiger partial charge on any atom is -0.507 e. The molecule has 1 aliphatic rings. The van der Waals surface area contributed by atoms with Crippen LogP contribution in [0.25, 0.3) is 22.3 Å². The Kier molecular flexibility index (Phi) is 13.4. The second kappa shape index (κ2) is 17.4. The molecule has 13 heteroatoms. The Morgan fingerprint density at radius 2 is 1.65 bits per heavy atom. The first-order valence-corrected chi connectivity index (χ1v) is 15.4. The van der Waals surface area contributed by atoms with Gasteiger partial charge in [0, 0.05) is 49.9 Å². The van der Waals surface area contributed by atoms with Crippen LogP contribution < -0.4 is 10.2 Å². The topological polar surface area (TPSA) is 143 Å². The molecule has 1 saturated heterocycles. The van der Waals surface area contributed by atoms with E-state index in [-0.39, 0.29) is 48.5 Å². The minimum absolute atomic E-state index is 0.00940. The maximum Gasteiger partial charge on any atom is 0.313 e. The van der Waals surface area contributed by atoms with Crippen LogP contribution >= 0.6 is 11.6 Å². The number of nitrogens with zero attached hydrogens (tertiary/aromatic N) is 1. The number of benzene rings is 2. The summed E-state index contributed by atoms with van der Waals surface area (Å²) < 4.78 is 38.9. The molecule has 0 saturated carbocycles. The highest BCUT2D eigenvalue weighted by molar-refractivity contribution is 6.33. The fourth-order valence-corrected chi connectivity index (χ4v) is 5.49. The van der Waals surface area contributed by atoms with E-state index in [1.807, 2.05) is 11.9 Å². The summed E-state index contributed by atoms with van der Waals surface area (Å²) in [4.78, 5) is 41.4. The minimum atomic E-state index is -0.706. The van der Waals surface area contributed by atoms with Crippen LogP contribution in [0, 0.1) is 0 Å². The van der Waals surface area contributed by atoms with Crippen molar-refractivity contribution in [1.29, 1.82) is 0 Å². The Morgan fingerprint density at radius 3 is 2.33 bits per heavy atom. The van der Waals surface area contributed by atoms with Crippen molar-refractivity contribution in [2.75, 3.05) is 74.0 Å². The predicted molar refractivity (Wildman–Crippen MR) is 170 cm³/mol. The van der Waals surface area contributed by atoms with Crippen molar-refractivity contribution >= 4 is 34.5 Å². The molecule has 0 aliphatic carbocycles. The molecular formula is C33H40ClNO11. The van der Waals surface area contributed by atoms with Crippen LogP contribution in [0.4, 0.5) is 0 Å². The number of likely N-dealkylation sites (N-methyl/N-ethyl adjacent to an activating group) is 1. The Hall–Kier alpha value is -3.52. The van der Waals surface area contributed by atoms with Crippen molar-refractivity contribution in [3.8, 4) is 22.8 Å². The third kappa shape index (κ3) is 9.27. The number of ether oxygens (including phenoxy) is 6. The van der Waals surface area contributed by atoms with Crippen LogP contribution in [-0.4, -0.2) is 102 Å². The summed E-state index contributed by atoms with van der Waals surface area (Å²) in [6.45, 7) is 2.64. The van der Waals surface area contributed by atoms with E-state index in [1.54, 1.807) is 38.5 Å². The normalized spacial score (nSPS) is 16.9. The van der Waals surface area contributed by atoms with Crippen LogP contribution in [0.5, 0.6) is 11.5 Å². The molecular weight excluding hydrogens is 622 g/mol. The summed E-state index contributed by atoms with van der Waals surface area (Å²) in [5, 5.41) is 11.3. The average Bonchev–Trinajstić information content (AvgIpc) is 3.01.